The summed E-state index contributed by atoms with van der Waals surface area (Å²) in [6, 6.07) is 9.01. The number of nitrogen functional groups attached to an aromatic ring is 1. The third-order valence-corrected chi connectivity index (χ3v) is 1.74. The quantitative estimate of drug-likeness (QED) is 0.602. The average Bonchev–Trinajstić information content (AvgIpc) is 2.05. The molecule has 1 atom stereocenters. The van der Waals surface area contributed by atoms with Crippen LogP contribution < -0.4 is 11.5 Å². The van der Waals surface area contributed by atoms with Gasteiger partial charge in [0.2, 0.25) is 0 Å². The lowest BCUT2D eigenvalue weighted by atomic mass is 9.95. The van der Waals surface area contributed by atoms with Crippen LogP contribution in [0, 0.1) is 11.3 Å². The maximum Gasteiger partial charge on any atom is 0.126 e. The van der Waals surface area contributed by atoms with Crippen molar-refractivity contribution in [1.82, 2.24) is 0 Å². The molecule has 0 radical (unpaired) electrons. The van der Waals surface area contributed by atoms with Gasteiger partial charge in [-0.3, -0.25) is 0 Å². The van der Waals surface area contributed by atoms with Gasteiger partial charge in [0.05, 0.1) is 6.07 Å². The lowest BCUT2D eigenvalue weighted by Gasteiger charge is -2.15. The molecule has 0 aliphatic carbocycles. The Hall–Kier alpha value is -1.53. The first-order valence-electron chi connectivity index (χ1n) is 3.62. The van der Waals surface area contributed by atoms with E-state index in [9.17, 15) is 0 Å². The number of nitriles is 1. The van der Waals surface area contributed by atoms with Crippen molar-refractivity contribution in [3.8, 4) is 6.07 Å². The summed E-state index contributed by atoms with van der Waals surface area (Å²) < 4.78 is 0. The SMILES string of the molecule is C[C@@](N)(C#N)c1ccc(N)cc1. The van der Waals surface area contributed by atoms with E-state index in [1.165, 1.54) is 0 Å². The van der Waals surface area contributed by atoms with Gasteiger partial charge in [0.15, 0.2) is 0 Å². The molecule has 12 heavy (non-hydrogen) atoms. The zero-order chi connectivity index (χ0) is 9.19. The van der Waals surface area contributed by atoms with Gasteiger partial charge in [0.1, 0.15) is 5.54 Å². The second-order valence-electron chi connectivity index (χ2n) is 2.94. The molecule has 3 nitrogen and oxygen atoms in total. The minimum absolute atomic E-state index is 0.674. The second kappa shape index (κ2) is 2.84. The van der Waals surface area contributed by atoms with Crippen LogP contribution in [0.15, 0.2) is 24.3 Å². The van der Waals surface area contributed by atoms with E-state index >= 15 is 0 Å². The monoisotopic (exact) mass is 161 g/mol. The summed E-state index contributed by atoms with van der Waals surface area (Å²) >= 11 is 0. The van der Waals surface area contributed by atoms with Gasteiger partial charge in [-0.2, -0.15) is 5.26 Å². The molecule has 62 valence electrons. The molecule has 3 heteroatoms. The van der Waals surface area contributed by atoms with Crippen molar-refractivity contribution in [3.63, 3.8) is 0 Å². The van der Waals surface area contributed by atoms with E-state index in [0.29, 0.717) is 5.69 Å². The molecule has 0 saturated carbocycles. The van der Waals surface area contributed by atoms with Crippen molar-refractivity contribution < 1.29 is 0 Å². The molecule has 0 spiro atoms. The molecule has 0 amide bonds. The largest absolute Gasteiger partial charge is 0.399 e. The van der Waals surface area contributed by atoms with Crippen LogP contribution in [0.5, 0.6) is 0 Å². The Morgan fingerprint density at radius 3 is 2.25 bits per heavy atom. The summed E-state index contributed by atoms with van der Waals surface area (Å²) in [7, 11) is 0. The Morgan fingerprint density at radius 1 is 1.33 bits per heavy atom. The molecule has 0 aliphatic heterocycles. The van der Waals surface area contributed by atoms with E-state index in [1.807, 2.05) is 6.07 Å². The summed E-state index contributed by atoms with van der Waals surface area (Å²) in [5.41, 5.74) is 11.7. The third kappa shape index (κ3) is 1.55. The van der Waals surface area contributed by atoms with Crippen LogP contribution in [0.2, 0.25) is 0 Å². The smallest absolute Gasteiger partial charge is 0.126 e. The predicted octanol–water partition coefficient (Wildman–Crippen LogP) is 0.966. The van der Waals surface area contributed by atoms with Crippen LogP contribution in [0.3, 0.4) is 0 Å². The van der Waals surface area contributed by atoms with Crippen LogP contribution in [-0.2, 0) is 5.54 Å². The van der Waals surface area contributed by atoms with Gasteiger partial charge < -0.3 is 11.5 Å². The van der Waals surface area contributed by atoms with Crippen LogP contribution in [0.25, 0.3) is 0 Å². The average molecular weight is 161 g/mol. The minimum atomic E-state index is -0.923. The number of nitrogens with zero attached hydrogens (tertiary/aromatic N) is 1. The van der Waals surface area contributed by atoms with E-state index < -0.39 is 5.54 Å². The fourth-order valence-corrected chi connectivity index (χ4v) is 0.894. The number of hydrogen-bond donors (Lipinski definition) is 2. The highest BCUT2D eigenvalue weighted by atomic mass is 14.7. The number of benzene rings is 1. The molecule has 0 bridgehead atoms. The van der Waals surface area contributed by atoms with Gasteiger partial charge >= 0.3 is 0 Å². The molecule has 4 N–H and O–H groups in total. The molecule has 1 rings (SSSR count). The lowest BCUT2D eigenvalue weighted by molar-refractivity contribution is 0.647. The third-order valence-electron chi connectivity index (χ3n) is 1.74. The topological polar surface area (TPSA) is 75.8 Å². The standard InChI is InChI=1S/C9H11N3/c1-9(12,6-10)7-2-4-8(11)5-3-7/h2-5H,11-12H2,1H3/t9-/m1/s1. The van der Waals surface area contributed by atoms with E-state index in [0.717, 1.165) is 5.56 Å². The highest BCUT2D eigenvalue weighted by Gasteiger charge is 2.19. The van der Waals surface area contributed by atoms with Gasteiger partial charge in [-0.25, -0.2) is 0 Å². The Bertz CT molecular complexity index is 306. The fraction of sp³-hybridized carbons (Fsp3) is 0.222. The first-order valence-corrected chi connectivity index (χ1v) is 3.62. The summed E-state index contributed by atoms with van der Waals surface area (Å²) in [6.45, 7) is 1.67. The van der Waals surface area contributed by atoms with Gasteiger partial charge in [-0.05, 0) is 24.6 Å². The number of anilines is 1. The molecule has 0 aromatic heterocycles. The molecule has 0 unspecified atom stereocenters. The maximum absolute atomic E-state index is 8.71. The Morgan fingerprint density at radius 2 is 1.83 bits per heavy atom. The summed E-state index contributed by atoms with van der Waals surface area (Å²) in [6.07, 6.45) is 0. The highest BCUT2D eigenvalue weighted by molar-refractivity contribution is 5.42. The first-order chi connectivity index (χ1) is 5.56. The van der Waals surface area contributed by atoms with Crippen LogP contribution in [0.1, 0.15) is 12.5 Å². The van der Waals surface area contributed by atoms with Gasteiger partial charge in [-0.15, -0.1) is 0 Å². The number of hydrogen-bond acceptors (Lipinski definition) is 3. The zero-order valence-electron chi connectivity index (χ0n) is 6.91. The molecular weight excluding hydrogens is 150 g/mol. The highest BCUT2D eigenvalue weighted by Crippen LogP contribution is 2.17. The molecular formula is C9H11N3. The van der Waals surface area contributed by atoms with Crippen LogP contribution in [-0.4, -0.2) is 0 Å². The molecule has 1 aromatic carbocycles. The van der Waals surface area contributed by atoms with Crippen molar-refractivity contribution >= 4 is 5.69 Å². The molecule has 0 saturated heterocycles. The van der Waals surface area contributed by atoms with E-state index in [-0.39, 0.29) is 0 Å². The van der Waals surface area contributed by atoms with Crippen LogP contribution in [0.4, 0.5) is 5.69 Å². The Balaban J connectivity index is 3.07. The maximum atomic E-state index is 8.71. The Labute approximate surface area is 71.6 Å². The number of rotatable bonds is 1. The normalized spacial score (nSPS) is 14.8. The summed E-state index contributed by atoms with van der Waals surface area (Å²) in [5.74, 6) is 0. The van der Waals surface area contributed by atoms with Crippen molar-refractivity contribution in [2.45, 2.75) is 12.5 Å². The zero-order valence-corrected chi connectivity index (χ0v) is 6.91. The van der Waals surface area contributed by atoms with Crippen molar-refractivity contribution in [2.75, 3.05) is 5.73 Å². The second-order valence-corrected chi connectivity index (χ2v) is 2.94. The van der Waals surface area contributed by atoms with Crippen molar-refractivity contribution in [2.24, 2.45) is 5.73 Å². The van der Waals surface area contributed by atoms with Gasteiger partial charge in [0, 0.05) is 5.69 Å². The summed E-state index contributed by atoms with van der Waals surface area (Å²) in [5, 5.41) is 8.71. The molecule has 0 heterocycles. The van der Waals surface area contributed by atoms with Crippen LogP contribution >= 0.6 is 0 Å². The van der Waals surface area contributed by atoms with Crippen molar-refractivity contribution in [1.29, 1.82) is 5.26 Å². The molecule has 0 aliphatic rings. The van der Waals surface area contributed by atoms with Gasteiger partial charge in [0.25, 0.3) is 0 Å². The van der Waals surface area contributed by atoms with E-state index in [1.54, 1.807) is 31.2 Å². The minimum Gasteiger partial charge on any atom is -0.399 e. The number of nitrogens with two attached hydrogens (primary N) is 2. The molecule has 0 fully saturated rings. The van der Waals surface area contributed by atoms with Crippen molar-refractivity contribution in [3.05, 3.63) is 29.8 Å². The molecule has 1 aromatic rings. The first kappa shape index (κ1) is 8.57. The fourth-order valence-electron chi connectivity index (χ4n) is 0.894. The summed E-state index contributed by atoms with van der Waals surface area (Å²) in [4.78, 5) is 0. The van der Waals surface area contributed by atoms with Gasteiger partial charge in [-0.1, -0.05) is 12.1 Å². The predicted molar refractivity (Wildman–Crippen MR) is 48.0 cm³/mol. The van der Waals surface area contributed by atoms with E-state index in [4.69, 9.17) is 16.7 Å². The van der Waals surface area contributed by atoms with E-state index in [2.05, 4.69) is 0 Å². The lowest BCUT2D eigenvalue weighted by Crippen LogP contribution is -2.30. The Kier molecular flexibility index (Phi) is 2.03.